The topological polar surface area (TPSA) is 46.3 Å². The number of carbonyl (C=O) groups excluding carboxylic acids is 1. The molecule has 1 aliphatic rings. The van der Waals surface area contributed by atoms with Crippen LogP contribution in [0.2, 0.25) is 0 Å². The molecular weight excluding hydrogens is 236 g/mol. The first-order chi connectivity index (χ1) is 8.74. The number of hydrogen-bond acceptors (Lipinski definition) is 2. The molecule has 0 heterocycles. The van der Waals surface area contributed by atoms with Gasteiger partial charge in [-0.2, -0.15) is 0 Å². The van der Waals surface area contributed by atoms with Crippen molar-refractivity contribution in [3.63, 3.8) is 0 Å². The Balaban J connectivity index is 2.48. The van der Waals surface area contributed by atoms with Gasteiger partial charge in [0.1, 0.15) is 0 Å². The second-order valence-electron chi connectivity index (χ2n) is 7.57. The second-order valence-corrected chi connectivity index (χ2v) is 7.57. The van der Waals surface area contributed by atoms with Crippen LogP contribution < -0.4 is 5.73 Å². The molecule has 3 nitrogen and oxygen atoms in total. The SMILES string of the molecule is CC(CC(=O)N(C)C1CCCC1CN)CC(C)(C)C. The lowest BCUT2D eigenvalue weighted by Crippen LogP contribution is -2.42. The van der Waals surface area contributed by atoms with Crippen molar-refractivity contribution in [2.75, 3.05) is 13.6 Å². The summed E-state index contributed by atoms with van der Waals surface area (Å²) in [6, 6.07) is 0.374. The molecule has 0 bridgehead atoms. The maximum atomic E-state index is 12.4. The summed E-state index contributed by atoms with van der Waals surface area (Å²) in [5, 5.41) is 0. The van der Waals surface area contributed by atoms with Gasteiger partial charge in [0, 0.05) is 19.5 Å². The van der Waals surface area contributed by atoms with E-state index in [-0.39, 0.29) is 0 Å². The van der Waals surface area contributed by atoms with Crippen molar-refractivity contribution in [2.24, 2.45) is 23.0 Å². The van der Waals surface area contributed by atoms with Crippen LogP contribution in [0, 0.1) is 17.3 Å². The van der Waals surface area contributed by atoms with Gasteiger partial charge in [-0.25, -0.2) is 0 Å². The summed E-state index contributed by atoms with van der Waals surface area (Å²) in [6.45, 7) is 9.60. The molecule has 1 aliphatic carbocycles. The van der Waals surface area contributed by atoms with E-state index in [1.54, 1.807) is 0 Å². The lowest BCUT2D eigenvalue weighted by atomic mass is 9.84. The largest absolute Gasteiger partial charge is 0.342 e. The molecule has 0 aromatic carbocycles. The molecule has 0 aromatic heterocycles. The van der Waals surface area contributed by atoms with Crippen LogP contribution in [0.3, 0.4) is 0 Å². The maximum Gasteiger partial charge on any atom is 0.222 e. The average Bonchev–Trinajstić information content (AvgIpc) is 2.72. The number of nitrogens with two attached hydrogens (primary N) is 1. The summed E-state index contributed by atoms with van der Waals surface area (Å²) in [7, 11) is 1.96. The lowest BCUT2D eigenvalue weighted by molar-refractivity contribution is -0.133. The van der Waals surface area contributed by atoms with Crippen LogP contribution in [0.1, 0.15) is 59.8 Å². The summed E-state index contributed by atoms with van der Waals surface area (Å²) in [5.74, 6) is 1.25. The molecule has 0 spiro atoms. The molecule has 0 saturated heterocycles. The van der Waals surface area contributed by atoms with Crippen LogP contribution in [-0.4, -0.2) is 30.4 Å². The third-order valence-electron chi connectivity index (χ3n) is 4.30. The van der Waals surface area contributed by atoms with Crippen LogP contribution in [0.4, 0.5) is 0 Å². The molecule has 1 amide bonds. The predicted octanol–water partition coefficient (Wildman–Crippen LogP) is 3.03. The summed E-state index contributed by atoms with van der Waals surface area (Å²) >= 11 is 0. The fourth-order valence-corrected chi connectivity index (χ4v) is 3.55. The van der Waals surface area contributed by atoms with E-state index in [0.717, 1.165) is 12.8 Å². The molecule has 2 N–H and O–H groups in total. The average molecular weight is 268 g/mol. The van der Waals surface area contributed by atoms with Gasteiger partial charge in [0.05, 0.1) is 0 Å². The number of carbonyl (C=O) groups is 1. The fraction of sp³-hybridized carbons (Fsp3) is 0.938. The van der Waals surface area contributed by atoms with E-state index in [9.17, 15) is 4.79 Å². The van der Waals surface area contributed by atoms with Crippen molar-refractivity contribution < 1.29 is 4.79 Å². The van der Waals surface area contributed by atoms with Crippen molar-refractivity contribution in [3.05, 3.63) is 0 Å². The minimum Gasteiger partial charge on any atom is -0.342 e. The molecule has 1 fully saturated rings. The van der Waals surface area contributed by atoms with E-state index >= 15 is 0 Å². The molecule has 0 aliphatic heterocycles. The molecule has 3 heteroatoms. The number of amides is 1. The highest BCUT2D eigenvalue weighted by Crippen LogP contribution is 2.30. The zero-order valence-corrected chi connectivity index (χ0v) is 13.4. The van der Waals surface area contributed by atoms with Crippen molar-refractivity contribution in [3.8, 4) is 0 Å². The summed E-state index contributed by atoms with van der Waals surface area (Å²) in [6.07, 6.45) is 5.27. The Labute approximate surface area is 118 Å². The van der Waals surface area contributed by atoms with Gasteiger partial charge in [0.2, 0.25) is 5.91 Å². The molecule has 0 radical (unpaired) electrons. The highest BCUT2D eigenvalue weighted by molar-refractivity contribution is 5.76. The van der Waals surface area contributed by atoms with Gasteiger partial charge in [-0.15, -0.1) is 0 Å². The van der Waals surface area contributed by atoms with Gasteiger partial charge in [0.25, 0.3) is 0 Å². The van der Waals surface area contributed by atoms with E-state index in [0.29, 0.717) is 42.2 Å². The van der Waals surface area contributed by atoms with Gasteiger partial charge in [-0.1, -0.05) is 34.1 Å². The predicted molar refractivity (Wildman–Crippen MR) is 80.8 cm³/mol. The Morgan fingerprint density at radius 2 is 2.00 bits per heavy atom. The number of nitrogens with zero attached hydrogens (tertiary/aromatic N) is 1. The van der Waals surface area contributed by atoms with Crippen LogP contribution in [0.15, 0.2) is 0 Å². The first-order valence-corrected chi connectivity index (χ1v) is 7.70. The Hall–Kier alpha value is -0.570. The molecule has 3 atom stereocenters. The summed E-state index contributed by atoms with van der Waals surface area (Å²) < 4.78 is 0. The van der Waals surface area contributed by atoms with E-state index in [1.807, 2.05) is 11.9 Å². The second kappa shape index (κ2) is 6.74. The molecule has 19 heavy (non-hydrogen) atoms. The van der Waals surface area contributed by atoms with E-state index in [2.05, 4.69) is 27.7 Å². The van der Waals surface area contributed by atoms with Gasteiger partial charge in [-0.3, -0.25) is 4.79 Å². The third kappa shape index (κ3) is 5.13. The Morgan fingerprint density at radius 1 is 1.37 bits per heavy atom. The van der Waals surface area contributed by atoms with Crippen molar-refractivity contribution in [1.82, 2.24) is 4.90 Å². The fourth-order valence-electron chi connectivity index (χ4n) is 3.55. The van der Waals surface area contributed by atoms with Gasteiger partial charge in [-0.05, 0) is 43.1 Å². The molecule has 1 saturated carbocycles. The summed E-state index contributed by atoms with van der Waals surface area (Å²) in [4.78, 5) is 14.3. The number of rotatable bonds is 5. The first-order valence-electron chi connectivity index (χ1n) is 7.70. The van der Waals surface area contributed by atoms with E-state index < -0.39 is 0 Å². The van der Waals surface area contributed by atoms with E-state index in [4.69, 9.17) is 5.73 Å². The van der Waals surface area contributed by atoms with Gasteiger partial charge in [0.15, 0.2) is 0 Å². The zero-order chi connectivity index (χ0) is 14.6. The summed E-state index contributed by atoms with van der Waals surface area (Å²) in [5.41, 5.74) is 6.11. The molecular formula is C16H32N2O. The van der Waals surface area contributed by atoms with Crippen molar-refractivity contribution in [2.45, 2.75) is 65.8 Å². The third-order valence-corrected chi connectivity index (χ3v) is 4.30. The van der Waals surface area contributed by atoms with Crippen LogP contribution >= 0.6 is 0 Å². The number of hydrogen-bond donors (Lipinski definition) is 1. The minimum absolute atomic E-state index is 0.294. The van der Waals surface area contributed by atoms with Crippen LogP contribution in [0.25, 0.3) is 0 Å². The zero-order valence-electron chi connectivity index (χ0n) is 13.4. The molecule has 0 aromatic rings. The van der Waals surface area contributed by atoms with Gasteiger partial charge >= 0.3 is 0 Å². The highest BCUT2D eigenvalue weighted by Gasteiger charge is 2.32. The Bertz CT molecular complexity index is 296. The highest BCUT2D eigenvalue weighted by atomic mass is 16.2. The smallest absolute Gasteiger partial charge is 0.222 e. The maximum absolute atomic E-state index is 12.4. The van der Waals surface area contributed by atoms with Crippen LogP contribution in [-0.2, 0) is 4.79 Å². The van der Waals surface area contributed by atoms with Crippen LogP contribution in [0.5, 0.6) is 0 Å². The molecule has 1 rings (SSSR count). The quantitative estimate of drug-likeness (QED) is 0.833. The monoisotopic (exact) mass is 268 g/mol. The normalized spacial score (nSPS) is 25.4. The van der Waals surface area contributed by atoms with Gasteiger partial charge < -0.3 is 10.6 Å². The Morgan fingerprint density at radius 3 is 2.53 bits per heavy atom. The minimum atomic E-state index is 0.294. The first kappa shape index (κ1) is 16.5. The lowest BCUT2D eigenvalue weighted by Gasteiger charge is -2.31. The standard InChI is InChI=1S/C16H32N2O/c1-12(10-16(2,3)4)9-15(19)18(5)14-8-6-7-13(14)11-17/h12-14H,6-11,17H2,1-5H3. The van der Waals surface area contributed by atoms with Crippen molar-refractivity contribution in [1.29, 1.82) is 0 Å². The molecule has 112 valence electrons. The van der Waals surface area contributed by atoms with Crippen molar-refractivity contribution >= 4 is 5.91 Å². The van der Waals surface area contributed by atoms with E-state index in [1.165, 1.54) is 12.8 Å². The Kier molecular flexibility index (Phi) is 5.84. The molecule has 3 unspecified atom stereocenters.